The summed E-state index contributed by atoms with van der Waals surface area (Å²) in [5, 5.41) is 8.35. The maximum absolute atomic E-state index is 7.10. The molecule has 0 spiro atoms. The molecule has 0 unspecified atom stereocenters. The van der Waals surface area contributed by atoms with E-state index in [-0.39, 0.29) is 0 Å². The Morgan fingerprint density at radius 1 is 0.629 bits per heavy atom. The van der Waals surface area contributed by atoms with Crippen molar-refractivity contribution in [2.75, 3.05) is 0 Å². The minimum Gasteiger partial charge on any atom is -0.299 e. The molecule has 3 aromatic rings. The quantitative estimate of drug-likeness (QED) is 0.203. The lowest BCUT2D eigenvalue weighted by atomic mass is 9.90. The van der Waals surface area contributed by atoms with Crippen LogP contribution in [-0.2, 0) is 18.5 Å². The molecule has 2 aromatic carbocycles. The molecule has 35 heavy (non-hydrogen) atoms. The highest BCUT2D eigenvalue weighted by atomic mass is 15.5. The molecule has 190 valence electrons. The fourth-order valence-corrected chi connectivity index (χ4v) is 4.90. The molecule has 0 aliphatic rings. The number of aromatic nitrogens is 3. The van der Waals surface area contributed by atoms with Gasteiger partial charge in [-0.15, -0.1) is 5.10 Å². The molecule has 0 amide bonds. The first kappa shape index (κ1) is 27.1. The van der Waals surface area contributed by atoms with Gasteiger partial charge in [0.25, 0.3) is 0 Å². The van der Waals surface area contributed by atoms with Crippen LogP contribution < -0.4 is 5.73 Å². The Kier molecular flexibility index (Phi) is 11.5. The van der Waals surface area contributed by atoms with Crippen molar-refractivity contribution in [2.45, 2.75) is 109 Å². The number of nitrogens with two attached hydrogens (primary N) is 1. The number of nitrogens with zero attached hydrogens (tertiary/aromatic N) is 3. The van der Waals surface area contributed by atoms with E-state index in [1.54, 1.807) is 10.9 Å². The van der Waals surface area contributed by atoms with Crippen LogP contribution in [0.25, 0.3) is 0 Å². The number of unbranched alkanes of at least 4 members (excludes halogenated alkanes) is 10. The van der Waals surface area contributed by atoms with Gasteiger partial charge in [-0.3, -0.25) is 5.73 Å². The molecule has 0 saturated heterocycles. The van der Waals surface area contributed by atoms with E-state index in [2.05, 4.69) is 72.7 Å². The van der Waals surface area contributed by atoms with Crippen LogP contribution in [-0.4, -0.2) is 15.0 Å². The third-order valence-corrected chi connectivity index (χ3v) is 7.21. The molecule has 4 heteroatoms. The van der Waals surface area contributed by atoms with E-state index in [4.69, 9.17) is 5.73 Å². The van der Waals surface area contributed by atoms with E-state index >= 15 is 0 Å². The summed E-state index contributed by atoms with van der Waals surface area (Å²) in [4.78, 5) is 0. The van der Waals surface area contributed by atoms with E-state index in [9.17, 15) is 0 Å². The Balaban J connectivity index is 1.65. The summed E-state index contributed by atoms with van der Waals surface area (Å²) in [7, 11) is 0. The predicted molar refractivity (Wildman–Crippen MR) is 147 cm³/mol. The van der Waals surface area contributed by atoms with E-state index in [1.165, 1.54) is 88.2 Å². The van der Waals surface area contributed by atoms with E-state index in [0.717, 1.165) is 24.0 Å². The van der Waals surface area contributed by atoms with Gasteiger partial charge in [-0.1, -0.05) is 132 Å². The molecule has 0 radical (unpaired) electrons. The Labute approximate surface area is 213 Å². The molecule has 3 rings (SSSR count). The second kappa shape index (κ2) is 14.8. The van der Waals surface area contributed by atoms with E-state index in [0.29, 0.717) is 0 Å². The standard InChI is InChI=1S/C31H46N4/c1-3-5-7-9-11-13-15-27-17-21-29(22-18-27)31(32,35-26-25-33-34-35)30-23-19-28(20-24-30)16-14-12-10-8-6-4-2/h17-26H,3-16,32H2,1-2H3. The van der Waals surface area contributed by atoms with Gasteiger partial charge in [-0.2, -0.15) is 0 Å². The Bertz CT molecular complexity index is 870. The second-order valence-electron chi connectivity index (χ2n) is 10.0. The van der Waals surface area contributed by atoms with Crippen LogP contribution in [0.1, 0.15) is 113 Å². The number of benzene rings is 2. The maximum atomic E-state index is 7.10. The van der Waals surface area contributed by atoms with Crippen LogP contribution in [0.3, 0.4) is 0 Å². The first-order valence-corrected chi connectivity index (χ1v) is 14.0. The van der Waals surface area contributed by atoms with Gasteiger partial charge in [0.1, 0.15) is 0 Å². The molecule has 0 fully saturated rings. The van der Waals surface area contributed by atoms with Crippen LogP contribution in [0, 0.1) is 0 Å². The van der Waals surface area contributed by atoms with Gasteiger partial charge in [0, 0.05) is 6.20 Å². The van der Waals surface area contributed by atoms with Gasteiger partial charge in [-0.25, -0.2) is 4.68 Å². The highest BCUT2D eigenvalue weighted by Crippen LogP contribution is 2.29. The summed E-state index contributed by atoms with van der Waals surface area (Å²) in [5.74, 6) is 0. The van der Waals surface area contributed by atoms with Gasteiger partial charge in [0.05, 0.1) is 6.20 Å². The molecule has 0 bridgehead atoms. The zero-order valence-electron chi connectivity index (χ0n) is 22.1. The second-order valence-corrected chi connectivity index (χ2v) is 10.0. The summed E-state index contributed by atoms with van der Waals surface area (Å²) in [6.07, 6.45) is 21.7. The van der Waals surface area contributed by atoms with Crippen molar-refractivity contribution in [3.05, 3.63) is 83.2 Å². The number of rotatable bonds is 17. The fraction of sp³-hybridized carbons (Fsp3) is 0.548. The van der Waals surface area contributed by atoms with Crippen molar-refractivity contribution in [1.82, 2.24) is 15.0 Å². The third kappa shape index (κ3) is 8.03. The molecule has 2 N–H and O–H groups in total. The van der Waals surface area contributed by atoms with Crippen molar-refractivity contribution in [3.63, 3.8) is 0 Å². The lowest BCUT2D eigenvalue weighted by Crippen LogP contribution is -2.45. The summed E-state index contributed by atoms with van der Waals surface area (Å²) in [6.45, 7) is 4.53. The summed E-state index contributed by atoms with van der Waals surface area (Å²) in [5.41, 5.74) is 11.0. The smallest absolute Gasteiger partial charge is 0.163 e. The zero-order valence-corrected chi connectivity index (χ0v) is 22.1. The lowest BCUT2D eigenvalue weighted by Gasteiger charge is -2.31. The van der Waals surface area contributed by atoms with Crippen molar-refractivity contribution in [1.29, 1.82) is 0 Å². The van der Waals surface area contributed by atoms with Gasteiger partial charge >= 0.3 is 0 Å². The molecule has 0 aliphatic heterocycles. The van der Waals surface area contributed by atoms with Gasteiger partial charge < -0.3 is 0 Å². The number of hydrogen-bond acceptors (Lipinski definition) is 3. The zero-order chi connectivity index (χ0) is 24.8. The minimum atomic E-state index is -0.881. The monoisotopic (exact) mass is 474 g/mol. The summed E-state index contributed by atoms with van der Waals surface area (Å²) in [6, 6.07) is 17.6. The lowest BCUT2D eigenvalue weighted by molar-refractivity contribution is 0.391. The Morgan fingerprint density at radius 2 is 1.06 bits per heavy atom. The van der Waals surface area contributed by atoms with Crippen LogP contribution in [0.2, 0.25) is 0 Å². The highest BCUT2D eigenvalue weighted by molar-refractivity contribution is 5.40. The van der Waals surface area contributed by atoms with Gasteiger partial charge in [0.2, 0.25) is 0 Å². The highest BCUT2D eigenvalue weighted by Gasteiger charge is 2.32. The van der Waals surface area contributed by atoms with Gasteiger partial charge in [-0.05, 0) is 47.9 Å². The normalized spacial score (nSPS) is 11.7. The molecular weight excluding hydrogens is 428 g/mol. The van der Waals surface area contributed by atoms with E-state index < -0.39 is 5.66 Å². The first-order valence-electron chi connectivity index (χ1n) is 14.0. The molecule has 1 aromatic heterocycles. The van der Waals surface area contributed by atoms with Crippen LogP contribution in [0.15, 0.2) is 60.9 Å². The Hall–Kier alpha value is -2.46. The average molecular weight is 475 g/mol. The van der Waals surface area contributed by atoms with E-state index in [1.807, 2.05) is 6.20 Å². The van der Waals surface area contributed by atoms with Crippen molar-refractivity contribution >= 4 is 0 Å². The first-order chi connectivity index (χ1) is 17.2. The predicted octanol–water partition coefficient (Wildman–Crippen LogP) is 7.79. The number of hydrogen-bond donors (Lipinski definition) is 1. The Morgan fingerprint density at radius 3 is 1.46 bits per heavy atom. The maximum Gasteiger partial charge on any atom is 0.163 e. The van der Waals surface area contributed by atoms with Crippen LogP contribution >= 0.6 is 0 Å². The number of aryl methyl sites for hydroxylation is 2. The minimum absolute atomic E-state index is 0.881. The van der Waals surface area contributed by atoms with Crippen LogP contribution in [0.4, 0.5) is 0 Å². The SMILES string of the molecule is CCCCCCCCc1ccc(C(N)(c2ccc(CCCCCCCC)cc2)n2ccnn2)cc1. The molecule has 0 aliphatic carbocycles. The summed E-state index contributed by atoms with van der Waals surface area (Å²) >= 11 is 0. The third-order valence-electron chi connectivity index (χ3n) is 7.21. The molecule has 0 saturated carbocycles. The fourth-order valence-electron chi connectivity index (χ4n) is 4.90. The topological polar surface area (TPSA) is 56.7 Å². The molecule has 0 atom stereocenters. The molecular formula is C31H46N4. The van der Waals surface area contributed by atoms with Crippen LogP contribution in [0.5, 0.6) is 0 Å². The van der Waals surface area contributed by atoms with Gasteiger partial charge in [0.15, 0.2) is 5.66 Å². The molecule has 4 nitrogen and oxygen atoms in total. The van der Waals surface area contributed by atoms with Crippen molar-refractivity contribution < 1.29 is 0 Å². The van der Waals surface area contributed by atoms with Crippen molar-refractivity contribution in [2.24, 2.45) is 5.73 Å². The summed E-state index contributed by atoms with van der Waals surface area (Å²) < 4.78 is 1.78. The largest absolute Gasteiger partial charge is 0.299 e. The van der Waals surface area contributed by atoms with Crippen molar-refractivity contribution in [3.8, 4) is 0 Å². The average Bonchev–Trinajstić information content (AvgIpc) is 3.44. The molecule has 1 heterocycles.